The second-order valence-corrected chi connectivity index (χ2v) is 4.74. The first-order valence-corrected chi connectivity index (χ1v) is 5.47. The van der Waals surface area contributed by atoms with Crippen molar-refractivity contribution in [3.05, 3.63) is 34.9 Å². The van der Waals surface area contributed by atoms with Gasteiger partial charge < -0.3 is 5.32 Å². The largest absolute Gasteiger partial charge is 0.319 e. The van der Waals surface area contributed by atoms with E-state index in [1.54, 1.807) is 0 Å². The van der Waals surface area contributed by atoms with Gasteiger partial charge in [-0.25, -0.2) is 0 Å². The molecule has 1 aliphatic carbocycles. The monoisotopic (exact) mass is 209 g/mol. The van der Waals surface area contributed by atoms with Gasteiger partial charge in [0.15, 0.2) is 0 Å². The van der Waals surface area contributed by atoms with Crippen LogP contribution in [0.15, 0.2) is 24.3 Å². The Kier molecular flexibility index (Phi) is 2.54. The quantitative estimate of drug-likeness (QED) is 0.808. The fourth-order valence-electron chi connectivity index (χ4n) is 2.35. The molecule has 0 heterocycles. The second kappa shape index (κ2) is 3.56. The van der Waals surface area contributed by atoms with Gasteiger partial charge in [-0.3, -0.25) is 0 Å². The zero-order valence-electron chi connectivity index (χ0n) is 8.68. The molecule has 1 fully saturated rings. The second-order valence-electron chi connectivity index (χ2n) is 4.30. The summed E-state index contributed by atoms with van der Waals surface area (Å²) < 4.78 is 0. The summed E-state index contributed by atoms with van der Waals surface area (Å²) in [4.78, 5) is 0. The lowest BCUT2D eigenvalue weighted by Gasteiger charge is -2.16. The van der Waals surface area contributed by atoms with Crippen LogP contribution >= 0.6 is 11.6 Å². The van der Waals surface area contributed by atoms with Crippen molar-refractivity contribution in [3.63, 3.8) is 0 Å². The molecule has 1 N–H and O–H groups in total. The van der Waals surface area contributed by atoms with Crippen molar-refractivity contribution in [1.82, 2.24) is 5.32 Å². The van der Waals surface area contributed by atoms with Gasteiger partial charge in [-0.2, -0.15) is 0 Å². The molecule has 1 aromatic carbocycles. The fraction of sp³-hybridized carbons (Fsp3) is 0.500. The maximum atomic E-state index is 6.01. The van der Waals surface area contributed by atoms with Crippen molar-refractivity contribution in [2.75, 3.05) is 13.6 Å². The molecular formula is C12H16ClN. The number of likely N-dealkylation sites (N-methyl/N-ethyl adjacent to an activating group) is 1. The average molecular weight is 210 g/mol. The number of benzene rings is 1. The van der Waals surface area contributed by atoms with Crippen LogP contribution in [0.4, 0.5) is 0 Å². The van der Waals surface area contributed by atoms with Crippen molar-refractivity contribution >= 4 is 11.6 Å². The Balaban J connectivity index is 2.29. The van der Waals surface area contributed by atoms with E-state index in [9.17, 15) is 0 Å². The number of hydrogen-bond acceptors (Lipinski definition) is 1. The smallest absolute Gasteiger partial charge is 0.0408 e. The van der Waals surface area contributed by atoms with Crippen molar-refractivity contribution in [3.8, 4) is 0 Å². The summed E-state index contributed by atoms with van der Waals surface area (Å²) in [6, 6.07) is 8.26. The molecule has 2 atom stereocenters. The third-order valence-corrected chi connectivity index (χ3v) is 3.58. The molecule has 2 heteroatoms. The Morgan fingerprint density at radius 3 is 2.79 bits per heavy atom. The van der Waals surface area contributed by atoms with Gasteiger partial charge in [0.25, 0.3) is 0 Å². The molecule has 0 amide bonds. The highest BCUT2D eigenvalue weighted by Gasteiger charge is 2.51. The van der Waals surface area contributed by atoms with Crippen LogP contribution in [0.3, 0.4) is 0 Å². The molecule has 2 unspecified atom stereocenters. The van der Waals surface area contributed by atoms with Gasteiger partial charge in [0.05, 0.1) is 0 Å². The van der Waals surface area contributed by atoms with Gasteiger partial charge in [0.1, 0.15) is 0 Å². The van der Waals surface area contributed by atoms with Crippen LogP contribution in [0.2, 0.25) is 5.02 Å². The summed E-state index contributed by atoms with van der Waals surface area (Å²) in [5.74, 6) is 0.772. The van der Waals surface area contributed by atoms with E-state index in [-0.39, 0.29) is 0 Å². The predicted molar refractivity (Wildman–Crippen MR) is 60.8 cm³/mol. The maximum absolute atomic E-state index is 6.01. The van der Waals surface area contributed by atoms with Crippen molar-refractivity contribution in [2.24, 2.45) is 5.92 Å². The van der Waals surface area contributed by atoms with E-state index in [4.69, 9.17) is 11.6 Å². The maximum Gasteiger partial charge on any atom is 0.0408 e. The molecule has 0 aromatic heterocycles. The van der Waals surface area contributed by atoms with E-state index in [1.807, 2.05) is 19.2 Å². The molecule has 2 rings (SSSR count). The van der Waals surface area contributed by atoms with Crippen LogP contribution in [0, 0.1) is 5.92 Å². The Bertz CT molecular complexity index is 337. The molecular weight excluding hydrogens is 194 g/mol. The molecule has 1 aliphatic rings. The molecule has 1 saturated carbocycles. The molecule has 0 radical (unpaired) electrons. The highest BCUT2D eigenvalue weighted by atomic mass is 35.5. The summed E-state index contributed by atoms with van der Waals surface area (Å²) in [5, 5.41) is 4.12. The van der Waals surface area contributed by atoms with Crippen LogP contribution in [0.1, 0.15) is 18.9 Å². The first-order chi connectivity index (χ1) is 6.69. The molecule has 0 bridgehead atoms. The Morgan fingerprint density at radius 2 is 2.29 bits per heavy atom. The first-order valence-electron chi connectivity index (χ1n) is 5.10. The number of nitrogens with one attached hydrogen (secondary N) is 1. The standard InChI is InChI=1S/C12H16ClN/c1-9-7-12(9,8-14-2)10-4-3-5-11(13)6-10/h3-6,9,14H,7-8H2,1-2H3. The molecule has 0 aliphatic heterocycles. The minimum atomic E-state index is 0.347. The van der Waals surface area contributed by atoms with Gasteiger partial charge in [0, 0.05) is 17.0 Å². The highest BCUT2D eigenvalue weighted by Crippen LogP contribution is 2.53. The third-order valence-electron chi connectivity index (χ3n) is 3.35. The van der Waals surface area contributed by atoms with E-state index in [1.165, 1.54) is 12.0 Å². The van der Waals surface area contributed by atoms with Crippen LogP contribution in [0.25, 0.3) is 0 Å². The van der Waals surface area contributed by atoms with Crippen LogP contribution < -0.4 is 5.32 Å². The van der Waals surface area contributed by atoms with Gasteiger partial charge in [-0.15, -0.1) is 0 Å². The van der Waals surface area contributed by atoms with Gasteiger partial charge >= 0.3 is 0 Å². The number of hydrogen-bond donors (Lipinski definition) is 1. The predicted octanol–water partition coefficient (Wildman–Crippen LogP) is 2.84. The first kappa shape index (κ1) is 10.0. The van der Waals surface area contributed by atoms with Crippen LogP contribution in [-0.2, 0) is 5.41 Å². The Hall–Kier alpha value is -0.530. The summed E-state index contributed by atoms with van der Waals surface area (Å²) in [6.07, 6.45) is 1.27. The highest BCUT2D eigenvalue weighted by molar-refractivity contribution is 6.30. The lowest BCUT2D eigenvalue weighted by molar-refractivity contribution is 0.581. The molecule has 0 spiro atoms. The zero-order valence-corrected chi connectivity index (χ0v) is 9.43. The lowest BCUT2D eigenvalue weighted by Crippen LogP contribution is -2.25. The van der Waals surface area contributed by atoms with E-state index < -0.39 is 0 Å². The van der Waals surface area contributed by atoms with Gasteiger partial charge in [-0.1, -0.05) is 30.7 Å². The Labute approximate surface area is 90.5 Å². The van der Waals surface area contributed by atoms with Gasteiger partial charge in [-0.05, 0) is 37.1 Å². The molecule has 76 valence electrons. The van der Waals surface area contributed by atoms with E-state index >= 15 is 0 Å². The summed E-state index contributed by atoms with van der Waals surface area (Å²) in [7, 11) is 2.01. The Morgan fingerprint density at radius 1 is 1.57 bits per heavy atom. The minimum absolute atomic E-state index is 0.347. The molecule has 14 heavy (non-hydrogen) atoms. The topological polar surface area (TPSA) is 12.0 Å². The van der Waals surface area contributed by atoms with Crippen LogP contribution in [-0.4, -0.2) is 13.6 Å². The van der Waals surface area contributed by atoms with E-state index in [0.29, 0.717) is 5.41 Å². The fourth-order valence-corrected chi connectivity index (χ4v) is 2.54. The number of halogens is 1. The van der Waals surface area contributed by atoms with E-state index in [0.717, 1.165) is 17.5 Å². The molecule has 1 aromatic rings. The van der Waals surface area contributed by atoms with E-state index in [2.05, 4.69) is 24.4 Å². The molecule has 0 saturated heterocycles. The summed E-state index contributed by atoms with van der Waals surface area (Å²) in [5.41, 5.74) is 1.73. The normalized spacial score (nSPS) is 30.4. The number of rotatable bonds is 3. The summed E-state index contributed by atoms with van der Waals surface area (Å²) in [6.45, 7) is 3.35. The zero-order chi connectivity index (χ0) is 10.2. The van der Waals surface area contributed by atoms with Gasteiger partial charge in [0.2, 0.25) is 0 Å². The minimum Gasteiger partial charge on any atom is -0.319 e. The van der Waals surface area contributed by atoms with Crippen molar-refractivity contribution < 1.29 is 0 Å². The third kappa shape index (κ3) is 1.55. The summed E-state index contributed by atoms with van der Waals surface area (Å²) >= 11 is 6.01. The van der Waals surface area contributed by atoms with Crippen LogP contribution in [0.5, 0.6) is 0 Å². The lowest BCUT2D eigenvalue weighted by atomic mass is 9.93. The molecule has 1 nitrogen and oxygen atoms in total. The SMILES string of the molecule is CNCC1(c2cccc(Cl)c2)CC1C. The average Bonchev–Trinajstić information content (AvgIpc) is 2.79. The van der Waals surface area contributed by atoms with Crippen molar-refractivity contribution in [1.29, 1.82) is 0 Å². The van der Waals surface area contributed by atoms with Crippen molar-refractivity contribution in [2.45, 2.75) is 18.8 Å².